The van der Waals surface area contributed by atoms with E-state index in [1.54, 1.807) is 36.3 Å². The lowest BCUT2D eigenvalue weighted by Crippen LogP contribution is -2.36. The van der Waals surface area contributed by atoms with Gasteiger partial charge in [0.2, 0.25) is 5.91 Å². The predicted octanol–water partition coefficient (Wildman–Crippen LogP) is 2.81. The van der Waals surface area contributed by atoms with Gasteiger partial charge in [-0.2, -0.15) is 5.10 Å². The first-order valence-corrected chi connectivity index (χ1v) is 9.48. The molecule has 0 aliphatic carbocycles. The summed E-state index contributed by atoms with van der Waals surface area (Å²) in [6, 6.07) is 3.61. The summed E-state index contributed by atoms with van der Waals surface area (Å²) in [6.45, 7) is 3.93. The fourth-order valence-corrected chi connectivity index (χ4v) is 3.46. The zero-order valence-electron chi connectivity index (χ0n) is 12.6. The molecule has 0 aliphatic heterocycles. The summed E-state index contributed by atoms with van der Waals surface area (Å²) in [5, 5.41) is 4.43. The molecule has 0 N–H and O–H groups in total. The minimum atomic E-state index is -1.56. The maximum absolute atomic E-state index is 12.5. The highest BCUT2D eigenvalue weighted by Crippen LogP contribution is 2.27. The lowest BCUT2D eigenvalue weighted by atomic mass is 10.2. The van der Waals surface area contributed by atoms with Crippen LogP contribution in [0.1, 0.15) is 13.8 Å². The summed E-state index contributed by atoms with van der Waals surface area (Å²) in [4.78, 5) is 18.1. The van der Waals surface area contributed by atoms with Crippen LogP contribution in [-0.2, 0) is 14.8 Å². The largest absolute Gasteiger partial charge is 0.308 e. The highest BCUT2D eigenvalue weighted by Gasteiger charge is 2.25. The fraction of sp³-hybridized carbons (Fsp3) is 0.357. The van der Waals surface area contributed by atoms with Gasteiger partial charge >= 0.3 is 0 Å². The number of aromatic nitrogens is 3. The van der Waals surface area contributed by atoms with E-state index in [4.69, 9.17) is 22.3 Å². The van der Waals surface area contributed by atoms with Gasteiger partial charge in [-0.05, 0) is 29.7 Å². The van der Waals surface area contributed by atoms with Crippen LogP contribution in [0.3, 0.4) is 0 Å². The van der Waals surface area contributed by atoms with Crippen molar-refractivity contribution in [1.29, 1.82) is 0 Å². The molecular weight excluding hydrogens is 359 g/mol. The molecule has 2 atom stereocenters. The second-order valence-electron chi connectivity index (χ2n) is 4.90. The number of hydrogen-bond donors (Lipinski definition) is 0. The van der Waals surface area contributed by atoms with Crippen molar-refractivity contribution in [2.75, 3.05) is 17.2 Å². The molecule has 0 saturated carbocycles. The standard InChI is InChI=1S/C14H16Cl2N4O2S/c1-3-19(14(21)10(2)9-23(16)22)12-8-20(18-13(12)15)11-5-4-6-17-7-11/h4-8,10H,3,9H2,1-2H3. The van der Waals surface area contributed by atoms with Crippen LogP contribution in [0.4, 0.5) is 5.69 Å². The first-order valence-electron chi connectivity index (χ1n) is 6.95. The predicted molar refractivity (Wildman–Crippen MR) is 92.4 cm³/mol. The fourth-order valence-electron chi connectivity index (χ4n) is 2.13. The topological polar surface area (TPSA) is 68.1 Å². The van der Waals surface area contributed by atoms with Gasteiger partial charge in [0.05, 0.1) is 18.1 Å². The van der Waals surface area contributed by atoms with Gasteiger partial charge in [0.1, 0.15) is 15.7 Å². The van der Waals surface area contributed by atoms with Crippen LogP contribution in [0.25, 0.3) is 5.69 Å². The molecule has 9 heteroatoms. The van der Waals surface area contributed by atoms with E-state index >= 15 is 0 Å². The van der Waals surface area contributed by atoms with Gasteiger partial charge < -0.3 is 4.90 Å². The minimum absolute atomic E-state index is 0.0885. The molecule has 2 rings (SSSR count). The maximum atomic E-state index is 12.5. The van der Waals surface area contributed by atoms with Crippen molar-refractivity contribution in [2.24, 2.45) is 5.92 Å². The maximum Gasteiger partial charge on any atom is 0.230 e. The van der Waals surface area contributed by atoms with Gasteiger partial charge in [-0.1, -0.05) is 18.5 Å². The SMILES string of the molecule is CCN(C(=O)C(C)CS(=O)Cl)c1cn(-c2cccnc2)nc1Cl. The van der Waals surface area contributed by atoms with Crippen LogP contribution in [-0.4, -0.2) is 37.2 Å². The number of rotatable bonds is 6. The quantitative estimate of drug-likeness (QED) is 0.729. The molecule has 2 heterocycles. The Labute approximate surface area is 146 Å². The first-order chi connectivity index (χ1) is 10.9. The van der Waals surface area contributed by atoms with Crippen molar-refractivity contribution in [3.05, 3.63) is 35.9 Å². The third-order valence-corrected chi connectivity index (χ3v) is 4.65. The Morgan fingerprint density at radius 1 is 1.52 bits per heavy atom. The van der Waals surface area contributed by atoms with E-state index in [9.17, 15) is 9.00 Å². The van der Waals surface area contributed by atoms with E-state index in [2.05, 4.69) is 10.1 Å². The van der Waals surface area contributed by atoms with Crippen molar-refractivity contribution in [2.45, 2.75) is 13.8 Å². The average Bonchev–Trinajstić information content (AvgIpc) is 2.90. The highest BCUT2D eigenvalue weighted by molar-refractivity contribution is 8.08. The molecule has 0 radical (unpaired) electrons. The Morgan fingerprint density at radius 3 is 2.83 bits per heavy atom. The molecule has 124 valence electrons. The Kier molecular flexibility index (Phi) is 6.15. The van der Waals surface area contributed by atoms with Gasteiger partial charge in [-0.15, -0.1) is 0 Å². The molecule has 1 amide bonds. The number of halogens is 2. The molecule has 2 aromatic rings. The van der Waals surface area contributed by atoms with Crippen LogP contribution in [0.5, 0.6) is 0 Å². The highest BCUT2D eigenvalue weighted by atomic mass is 35.7. The number of carbonyl (C=O) groups is 1. The second-order valence-corrected chi connectivity index (χ2v) is 7.20. The van der Waals surface area contributed by atoms with Gasteiger partial charge in [0.15, 0.2) is 5.15 Å². The molecule has 0 spiro atoms. The summed E-state index contributed by atoms with van der Waals surface area (Å²) < 4.78 is 12.7. The third-order valence-electron chi connectivity index (χ3n) is 3.24. The van der Waals surface area contributed by atoms with E-state index < -0.39 is 15.9 Å². The van der Waals surface area contributed by atoms with Crippen molar-refractivity contribution < 1.29 is 9.00 Å². The molecule has 0 fully saturated rings. The molecule has 0 aliphatic rings. The van der Waals surface area contributed by atoms with Gasteiger partial charge in [-0.25, -0.2) is 8.89 Å². The number of carbonyl (C=O) groups excluding carboxylic acids is 1. The first kappa shape index (κ1) is 17.9. The summed E-state index contributed by atoms with van der Waals surface area (Å²) in [5.74, 6) is -0.592. The summed E-state index contributed by atoms with van der Waals surface area (Å²) in [7, 11) is 3.92. The number of nitrogens with zero attached hydrogens (tertiary/aromatic N) is 4. The van der Waals surface area contributed by atoms with Crippen molar-refractivity contribution in [3.8, 4) is 5.69 Å². The normalized spacial score (nSPS) is 13.6. The second kappa shape index (κ2) is 7.90. The van der Waals surface area contributed by atoms with Crippen LogP contribution >= 0.6 is 22.3 Å². The Hall–Kier alpha value is -1.44. The van der Waals surface area contributed by atoms with E-state index in [1.807, 2.05) is 13.0 Å². The lowest BCUT2D eigenvalue weighted by molar-refractivity contribution is -0.121. The van der Waals surface area contributed by atoms with E-state index in [1.165, 1.54) is 4.90 Å². The molecule has 2 unspecified atom stereocenters. The average molecular weight is 375 g/mol. The zero-order valence-corrected chi connectivity index (χ0v) is 15.0. The monoisotopic (exact) mass is 374 g/mol. The number of pyridine rings is 1. The van der Waals surface area contributed by atoms with E-state index in [0.29, 0.717) is 12.2 Å². The number of hydrogen-bond acceptors (Lipinski definition) is 4. The molecule has 0 bridgehead atoms. The van der Waals surface area contributed by atoms with Crippen molar-refractivity contribution in [1.82, 2.24) is 14.8 Å². The zero-order chi connectivity index (χ0) is 17.0. The van der Waals surface area contributed by atoms with Crippen LogP contribution in [0.15, 0.2) is 30.7 Å². The Bertz CT molecular complexity index is 708. The lowest BCUT2D eigenvalue weighted by Gasteiger charge is -2.22. The summed E-state index contributed by atoms with van der Waals surface area (Å²) in [6.07, 6.45) is 4.97. The molecule has 6 nitrogen and oxygen atoms in total. The van der Waals surface area contributed by atoms with Crippen molar-refractivity contribution in [3.63, 3.8) is 0 Å². The summed E-state index contributed by atoms with van der Waals surface area (Å²) in [5.41, 5.74) is 1.23. The van der Waals surface area contributed by atoms with E-state index in [-0.39, 0.29) is 16.8 Å². The van der Waals surface area contributed by atoms with Gasteiger partial charge in [0, 0.05) is 24.4 Å². The smallest absolute Gasteiger partial charge is 0.230 e. The third kappa shape index (κ3) is 4.31. The van der Waals surface area contributed by atoms with Crippen LogP contribution in [0.2, 0.25) is 5.15 Å². The molecule has 2 aromatic heterocycles. The Morgan fingerprint density at radius 2 is 2.26 bits per heavy atom. The van der Waals surface area contributed by atoms with Crippen LogP contribution in [0, 0.1) is 5.92 Å². The van der Waals surface area contributed by atoms with E-state index in [0.717, 1.165) is 5.69 Å². The van der Waals surface area contributed by atoms with Gasteiger partial charge in [-0.3, -0.25) is 9.78 Å². The molecule has 23 heavy (non-hydrogen) atoms. The van der Waals surface area contributed by atoms with Crippen molar-refractivity contribution >= 4 is 43.9 Å². The Balaban J connectivity index is 2.30. The summed E-state index contributed by atoms with van der Waals surface area (Å²) >= 11 is 6.19. The molecule has 0 saturated heterocycles. The van der Waals surface area contributed by atoms with Crippen LogP contribution < -0.4 is 4.90 Å². The molecule has 0 aromatic carbocycles. The minimum Gasteiger partial charge on any atom is -0.308 e. The number of amides is 1. The van der Waals surface area contributed by atoms with Gasteiger partial charge in [0.25, 0.3) is 0 Å². The number of anilines is 1. The molecular formula is C14H16Cl2N4O2S.